The van der Waals surface area contributed by atoms with Crippen molar-refractivity contribution in [2.75, 3.05) is 11.8 Å². The van der Waals surface area contributed by atoms with Crippen molar-refractivity contribution < 1.29 is 17.9 Å². The Morgan fingerprint density at radius 1 is 0.920 bits per heavy atom. The van der Waals surface area contributed by atoms with Crippen molar-refractivity contribution in [2.45, 2.75) is 39.5 Å². The van der Waals surface area contributed by atoms with Gasteiger partial charge in [-0.25, -0.2) is 13.2 Å². The van der Waals surface area contributed by atoms with Crippen molar-refractivity contribution in [3.8, 4) is 0 Å². The largest absolute Gasteiger partial charge is 0.465 e. The van der Waals surface area contributed by atoms with Crippen LogP contribution in [0.3, 0.4) is 0 Å². The summed E-state index contributed by atoms with van der Waals surface area (Å²) in [5.41, 5.74) is 4.65. The molecule has 0 aromatic heterocycles. The highest BCUT2D eigenvalue weighted by Crippen LogP contribution is 2.29. The van der Waals surface area contributed by atoms with Crippen molar-refractivity contribution >= 4 is 21.7 Å². The molecule has 0 spiro atoms. The van der Waals surface area contributed by atoms with Gasteiger partial charge >= 0.3 is 5.97 Å². The first-order valence-corrected chi connectivity index (χ1v) is 9.36. The molecule has 0 unspecified atom stereocenters. The summed E-state index contributed by atoms with van der Waals surface area (Å²) in [5, 5.41) is 0. The second kappa shape index (κ2) is 6.88. The first-order valence-electron chi connectivity index (χ1n) is 7.87. The van der Waals surface area contributed by atoms with E-state index < -0.39 is 16.0 Å². The Morgan fingerprint density at radius 2 is 1.48 bits per heavy atom. The predicted octanol–water partition coefficient (Wildman–Crippen LogP) is 3.82. The molecule has 0 aliphatic carbocycles. The summed E-state index contributed by atoms with van der Waals surface area (Å²) in [6.45, 7) is 9.16. The maximum absolute atomic E-state index is 13.0. The zero-order chi connectivity index (χ0) is 18.9. The Balaban J connectivity index is 2.56. The molecule has 5 nitrogen and oxygen atoms in total. The van der Waals surface area contributed by atoms with E-state index in [0.29, 0.717) is 11.3 Å². The third-order valence-electron chi connectivity index (χ3n) is 4.47. The van der Waals surface area contributed by atoms with Gasteiger partial charge in [0.1, 0.15) is 0 Å². The average molecular weight is 361 g/mol. The van der Waals surface area contributed by atoms with Crippen LogP contribution in [-0.4, -0.2) is 21.5 Å². The molecule has 0 saturated heterocycles. The topological polar surface area (TPSA) is 72.5 Å². The third kappa shape index (κ3) is 3.69. The summed E-state index contributed by atoms with van der Waals surface area (Å²) in [6, 6.07) is 6.76. The Kier molecular flexibility index (Phi) is 5.23. The van der Waals surface area contributed by atoms with Crippen molar-refractivity contribution in [3.05, 3.63) is 57.6 Å². The Bertz CT molecular complexity index is 920. The number of hydrogen-bond acceptors (Lipinski definition) is 4. The van der Waals surface area contributed by atoms with E-state index in [-0.39, 0.29) is 4.90 Å². The zero-order valence-electron chi connectivity index (χ0n) is 15.4. The van der Waals surface area contributed by atoms with Crippen LogP contribution >= 0.6 is 0 Å². The fourth-order valence-electron chi connectivity index (χ4n) is 2.76. The molecule has 0 atom stereocenters. The van der Waals surface area contributed by atoms with Gasteiger partial charge < -0.3 is 4.74 Å². The van der Waals surface area contributed by atoms with Gasteiger partial charge in [0, 0.05) is 0 Å². The molecule has 0 saturated carbocycles. The number of aryl methyl sites for hydroxylation is 3. The minimum Gasteiger partial charge on any atom is -0.465 e. The highest BCUT2D eigenvalue weighted by Gasteiger charge is 2.23. The van der Waals surface area contributed by atoms with Gasteiger partial charge in [-0.2, -0.15) is 0 Å². The number of rotatable bonds is 4. The molecule has 0 heterocycles. The first-order chi connectivity index (χ1) is 11.6. The second-order valence-corrected chi connectivity index (χ2v) is 7.84. The summed E-state index contributed by atoms with van der Waals surface area (Å²) in [6.07, 6.45) is 0. The van der Waals surface area contributed by atoms with Crippen molar-refractivity contribution in [1.29, 1.82) is 0 Å². The molecule has 2 rings (SSSR count). The number of benzene rings is 2. The first kappa shape index (κ1) is 19.0. The monoisotopic (exact) mass is 361 g/mol. The van der Waals surface area contributed by atoms with Gasteiger partial charge in [-0.05, 0) is 74.6 Å². The molecular weight excluding hydrogens is 338 g/mol. The zero-order valence-corrected chi connectivity index (χ0v) is 16.2. The van der Waals surface area contributed by atoms with Crippen molar-refractivity contribution in [1.82, 2.24) is 0 Å². The maximum Gasteiger partial charge on any atom is 0.337 e. The Morgan fingerprint density at radius 3 is 2.00 bits per heavy atom. The fraction of sp³-hybridized carbons (Fsp3) is 0.316. The van der Waals surface area contributed by atoms with E-state index in [4.69, 9.17) is 4.74 Å². The van der Waals surface area contributed by atoms with Gasteiger partial charge in [0.2, 0.25) is 0 Å². The van der Waals surface area contributed by atoms with Crippen molar-refractivity contribution in [2.24, 2.45) is 0 Å². The number of sulfonamides is 1. The van der Waals surface area contributed by atoms with Gasteiger partial charge in [-0.1, -0.05) is 12.1 Å². The highest BCUT2D eigenvalue weighted by molar-refractivity contribution is 7.92. The molecule has 2 aromatic rings. The normalized spacial score (nSPS) is 11.3. The molecule has 0 aliphatic rings. The van der Waals surface area contributed by atoms with Gasteiger partial charge in [0.25, 0.3) is 10.0 Å². The van der Waals surface area contributed by atoms with E-state index in [1.807, 2.05) is 19.9 Å². The van der Waals surface area contributed by atoms with Crippen LogP contribution in [0.1, 0.15) is 38.2 Å². The van der Waals surface area contributed by atoms with Crippen LogP contribution in [0.2, 0.25) is 0 Å². The van der Waals surface area contributed by atoms with E-state index in [2.05, 4.69) is 4.72 Å². The lowest BCUT2D eigenvalue weighted by atomic mass is 10.0. The van der Waals surface area contributed by atoms with Gasteiger partial charge in [-0.3, -0.25) is 4.72 Å². The molecular formula is C19H23NO4S. The number of methoxy groups -OCH3 is 1. The Labute approximate surface area is 149 Å². The maximum atomic E-state index is 13.0. The summed E-state index contributed by atoms with van der Waals surface area (Å²) < 4.78 is 33.4. The summed E-state index contributed by atoms with van der Waals surface area (Å²) in [7, 11) is -2.51. The standard InChI is InChI=1S/C19H23NO4S/c1-11-7-8-16(19(21)24-6)10-17(11)20-25(22,23)18-14(4)12(2)9-13(3)15(18)5/h7-10,20H,1-6H3. The number of anilines is 1. The number of esters is 1. The van der Waals surface area contributed by atoms with Crippen LogP contribution in [0.4, 0.5) is 5.69 Å². The Hall–Kier alpha value is -2.34. The van der Waals surface area contributed by atoms with E-state index in [9.17, 15) is 13.2 Å². The van der Waals surface area contributed by atoms with Crippen LogP contribution in [0, 0.1) is 34.6 Å². The lowest BCUT2D eigenvalue weighted by molar-refractivity contribution is 0.0601. The number of carbonyl (C=O) groups is 1. The lowest BCUT2D eigenvalue weighted by Gasteiger charge is -2.18. The van der Waals surface area contributed by atoms with E-state index in [1.165, 1.54) is 13.2 Å². The second-order valence-electron chi connectivity index (χ2n) is 6.22. The molecule has 134 valence electrons. The van der Waals surface area contributed by atoms with Crippen LogP contribution in [0.25, 0.3) is 0 Å². The minimum atomic E-state index is -3.79. The molecule has 0 fully saturated rings. The van der Waals surface area contributed by atoms with Crippen LogP contribution in [-0.2, 0) is 14.8 Å². The van der Waals surface area contributed by atoms with Crippen LogP contribution < -0.4 is 4.72 Å². The van der Waals surface area contributed by atoms with Gasteiger partial charge in [0.15, 0.2) is 0 Å². The van der Waals surface area contributed by atoms with E-state index in [0.717, 1.165) is 27.8 Å². The molecule has 0 aliphatic heterocycles. The molecule has 0 bridgehead atoms. The molecule has 2 aromatic carbocycles. The summed E-state index contributed by atoms with van der Waals surface area (Å²) >= 11 is 0. The highest BCUT2D eigenvalue weighted by atomic mass is 32.2. The van der Waals surface area contributed by atoms with Crippen LogP contribution in [0.15, 0.2) is 29.2 Å². The third-order valence-corrected chi connectivity index (χ3v) is 6.11. The summed E-state index contributed by atoms with van der Waals surface area (Å²) in [4.78, 5) is 12.0. The van der Waals surface area contributed by atoms with Crippen molar-refractivity contribution in [3.63, 3.8) is 0 Å². The minimum absolute atomic E-state index is 0.285. The number of ether oxygens (including phenoxy) is 1. The lowest BCUT2D eigenvalue weighted by Crippen LogP contribution is -2.18. The average Bonchev–Trinajstić information content (AvgIpc) is 2.54. The summed E-state index contributed by atoms with van der Waals surface area (Å²) in [5.74, 6) is -0.515. The number of carbonyl (C=O) groups excluding carboxylic acids is 1. The van der Waals surface area contributed by atoms with Gasteiger partial charge in [-0.15, -0.1) is 0 Å². The van der Waals surface area contributed by atoms with E-state index >= 15 is 0 Å². The molecule has 1 N–H and O–H groups in total. The number of hydrogen-bond donors (Lipinski definition) is 1. The van der Waals surface area contributed by atoms with Gasteiger partial charge in [0.05, 0.1) is 23.3 Å². The molecule has 6 heteroatoms. The molecule has 0 amide bonds. The SMILES string of the molecule is COC(=O)c1ccc(C)c(NS(=O)(=O)c2c(C)c(C)cc(C)c2C)c1. The number of nitrogens with one attached hydrogen (secondary N) is 1. The van der Waals surface area contributed by atoms with E-state index in [1.54, 1.807) is 32.9 Å². The smallest absolute Gasteiger partial charge is 0.337 e. The molecule has 0 radical (unpaired) electrons. The predicted molar refractivity (Wildman–Crippen MR) is 98.7 cm³/mol. The quantitative estimate of drug-likeness (QED) is 0.841. The molecule has 25 heavy (non-hydrogen) atoms. The fourth-order valence-corrected chi connectivity index (χ4v) is 4.50. The van der Waals surface area contributed by atoms with Crippen LogP contribution in [0.5, 0.6) is 0 Å².